The van der Waals surface area contributed by atoms with Crippen molar-refractivity contribution in [1.29, 1.82) is 0 Å². The van der Waals surface area contributed by atoms with Gasteiger partial charge in [0.05, 0.1) is 19.9 Å². The minimum Gasteiger partial charge on any atom is -0.508 e. The van der Waals surface area contributed by atoms with E-state index in [1.807, 2.05) is 46.8 Å². The number of phenolic OH excluding ortho intramolecular Hbond substituents is 2. The number of aromatic hydroxyl groups is 2. The van der Waals surface area contributed by atoms with Crippen LogP contribution in [-0.2, 0) is 16.0 Å². The molecule has 1 aliphatic carbocycles. The number of hydrogen-bond acceptors (Lipinski definition) is 8. The number of fused-ring (bicyclic) bond motifs is 9. The van der Waals surface area contributed by atoms with Crippen molar-refractivity contribution in [2.75, 3.05) is 26.6 Å². The molecule has 1 aliphatic heterocycles. The Morgan fingerprint density at radius 3 is 2.72 bits per heavy atom. The molecule has 0 saturated carbocycles. The van der Waals surface area contributed by atoms with Gasteiger partial charge >= 0.3 is 0 Å². The van der Waals surface area contributed by atoms with E-state index >= 15 is 0 Å². The predicted molar refractivity (Wildman–Crippen MR) is 161 cm³/mol. The van der Waals surface area contributed by atoms with Gasteiger partial charge in [-0.3, -0.25) is 10.1 Å². The molecule has 1 saturated heterocycles. The Hall–Kier alpha value is -2.39. The van der Waals surface area contributed by atoms with Crippen molar-refractivity contribution in [3.8, 4) is 28.4 Å². The Balaban J connectivity index is 1.75. The van der Waals surface area contributed by atoms with Crippen LogP contribution in [0.25, 0.3) is 21.9 Å². The van der Waals surface area contributed by atoms with E-state index in [2.05, 4.69) is 17.4 Å². The normalized spacial score (nSPS) is 22.4. The van der Waals surface area contributed by atoms with Crippen molar-refractivity contribution in [3.05, 3.63) is 53.6 Å². The third kappa shape index (κ3) is 6.19. The van der Waals surface area contributed by atoms with Gasteiger partial charge in [-0.15, -0.1) is 0 Å². The van der Waals surface area contributed by atoms with Crippen LogP contribution in [-0.4, -0.2) is 48.7 Å². The number of ketones is 1. The van der Waals surface area contributed by atoms with Gasteiger partial charge in [0, 0.05) is 29.4 Å². The molecular formula is C31H37NO5S2. The van der Waals surface area contributed by atoms with Crippen LogP contribution < -0.4 is 10.1 Å². The quantitative estimate of drug-likeness (QED) is 0.229. The number of phenols is 2. The lowest BCUT2D eigenvalue weighted by molar-refractivity contribution is -0.123. The minimum atomic E-state index is -0.121. The zero-order valence-corrected chi connectivity index (χ0v) is 24.2. The van der Waals surface area contributed by atoms with Crippen molar-refractivity contribution >= 4 is 38.1 Å². The van der Waals surface area contributed by atoms with Gasteiger partial charge in [-0.05, 0) is 90.7 Å². The molecule has 0 radical (unpaired) electrons. The number of ether oxygens (including phenoxy) is 2. The van der Waals surface area contributed by atoms with Gasteiger partial charge < -0.3 is 19.7 Å². The molecule has 1 fully saturated rings. The molecule has 0 spiro atoms. The lowest BCUT2D eigenvalue weighted by Crippen LogP contribution is -2.31. The SMILES string of the molecule is CNCOC1CC(=O)CCc2ccc(O)c(OC)c2-c2ccc3ccc(O)cc3c2C2CCC1CCCSS2. The predicted octanol–water partition coefficient (Wildman–Crippen LogP) is 7.01. The Morgan fingerprint density at radius 2 is 1.90 bits per heavy atom. The van der Waals surface area contributed by atoms with Gasteiger partial charge in [0.15, 0.2) is 11.5 Å². The van der Waals surface area contributed by atoms with Crippen LogP contribution in [0.3, 0.4) is 0 Å². The van der Waals surface area contributed by atoms with Crippen molar-refractivity contribution in [2.24, 2.45) is 5.92 Å². The smallest absolute Gasteiger partial charge is 0.168 e. The summed E-state index contributed by atoms with van der Waals surface area (Å²) in [4.78, 5) is 13.3. The highest BCUT2D eigenvalue weighted by Crippen LogP contribution is 2.52. The number of benzene rings is 3. The largest absolute Gasteiger partial charge is 0.508 e. The van der Waals surface area contributed by atoms with E-state index in [0.717, 1.165) is 64.5 Å². The summed E-state index contributed by atoms with van der Waals surface area (Å²) in [6.07, 6.45) is 5.19. The number of Topliss-reactive ketones (excluding diaryl/α,β-unsaturated/α-hetero) is 1. The van der Waals surface area contributed by atoms with Crippen LogP contribution in [0.15, 0.2) is 42.5 Å². The summed E-state index contributed by atoms with van der Waals surface area (Å²) >= 11 is 0. The summed E-state index contributed by atoms with van der Waals surface area (Å²) in [5.74, 6) is 2.23. The van der Waals surface area contributed by atoms with Crippen LogP contribution in [0.2, 0.25) is 0 Å². The third-order valence-electron chi connectivity index (χ3n) is 7.92. The van der Waals surface area contributed by atoms with Crippen LogP contribution in [0, 0.1) is 5.92 Å². The van der Waals surface area contributed by atoms with E-state index in [0.29, 0.717) is 31.7 Å². The highest BCUT2D eigenvalue weighted by atomic mass is 33.1. The second-order valence-electron chi connectivity index (χ2n) is 10.4. The maximum Gasteiger partial charge on any atom is 0.168 e. The molecule has 2 aliphatic rings. The molecule has 39 heavy (non-hydrogen) atoms. The first kappa shape index (κ1) is 28.1. The molecule has 3 unspecified atom stereocenters. The number of carbonyl (C=O) groups excluding carboxylic acids is 1. The van der Waals surface area contributed by atoms with Crippen LogP contribution in [0.1, 0.15) is 54.9 Å². The molecule has 8 heteroatoms. The molecule has 3 aromatic carbocycles. The number of methoxy groups -OCH3 is 1. The molecule has 3 atom stereocenters. The minimum absolute atomic E-state index is 0.0749. The second-order valence-corrected chi connectivity index (χ2v) is 13.1. The molecule has 6 nitrogen and oxygen atoms in total. The lowest BCUT2D eigenvalue weighted by atomic mass is 9.85. The Morgan fingerprint density at radius 1 is 1.05 bits per heavy atom. The first-order valence-electron chi connectivity index (χ1n) is 13.7. The molecule has 208 valence electrons. The first-order chi connectivity index (χ1) is 19.0. The average Bonchev–Trinajstić information content (AvgIpc) is 3.06. The summed E-state index contributed by atoms with van der Waals surface area (Å²) in [6, 6.07) is 13.3. The number of nitrogens with one attached hydrogen (secondary N) is 1. The lowest BCUT2D eigenvalue weighted by Gasteiger charge is -2.28. The van der Waals surface area contributed by atoms with Crippen molar-refractivity contribution in [2.45, 2.75) is 56.3 Å². The van der Waals surface area contributed by atoms with Crippen LogP contribution in [0.4, 0.5) is 0 Å². The van der Waals surface area contributed by atoms with Crippen molar-refractivity contribution in [1.82, 2.24) is 5.32 Å². The topological polar surface area (TPSA) is 88.0 Å². The Labute approximate surface area is 238 Å². The van der Waals surface area contributed by atoms with E-state index < -0.39 is 0 Å². The average molecular weight is 568 g/mol. The van der Waals surface area contributed by atoms with E-state index in [1.54, 1.807) is 19.2 Å². The first-order valence-corrected chi connectivity index (χ1v) is 16.1. The van der Waals surface area contributed by atoms with Gasteiger partial charge in [-0.1, -0.05) is 45.9 Å². The van der Waals surface area contributed by atoms with Crippen LogP contribution >= 0.6 is 21.6 Å². The van der Waals surface area contributed by atoms with Gasteiger partial charge in [0.1, 0.15) is 11.5 Å². The molecule has 3 aromatic rings. The number of rotatable bonds is 4. The standard InChI is InChI=1S/C31H37NO5S2/c1-32-18-37-27-17-23(34)11-6-21-8-13-26(35)31(36-2)29(21)24-12-7-19-5-10-22(33)16-25(19)30(24)28-14-9-20(27)4-3-15-38-39-28/h5,7-8,10,12-13,16,20,27-28,32-33,35H,3-4,6,9,11,14-15,17-18H2,1-2H3. The number of hydrogen-bond donors (Lipinski definition) is 3. The maximum absolute atomic E-state index is 13.3. The van der Waals surface area contributed by atoms with E-state index in [1.165, 1.54) is 0 Å². The molecule has 1 heterocycles. The summed E-state index contributed by atoms with van der Waals surface area (Å²) < 4.78 is 12.0. The van der Waals surface area contributed by atoms with Crippen molar-refractivity contribution < 1.29 is 24.5 Å². The molecule has 3 N–H and O–H groups in total. The third-order valence-corrected chi connectivity index (χ3v) is 10.8. The molecule has 2 bridgehead atoms. The maximum atomic E-state index is 13.3. The molecular weight excluding hydrogens is 530 g/mol. The van der Waals surface area contributed by atoms with Gasteiger partial charge in [-0.25, -0.2) is 0 Å². The van der Waals surface area contributed by atoms with Gasteiger partial charge in [0.2, 0.25) is 0 Å². The van der Waals surface area contributed by atoms with Crippen LogP contribution in [0.5, 0.6) is 17.2 Å². The van der Waals surface area contributed by atoms with Gasteiger partial charge in [-0.2, -0.15) is 0 Å². The Bertz CT molecular complexity index is 1330. The fraction of sp³-hybridized carbons (Fsp3) is 0.452. The fourth-order valence-corrected chi connectivity index (χ4v) is 8.87. The summed E-state index contributed by atoms with van der Waals surface area (Å²) in [7, 11) is 7.23. The second kappa shape index (κ2) is 12.9. The molecule has 5 rings (SSSR count). The fourth-order valence-electron chi connectivity index (χ4n) is 6.03. The Kier molecular flexibility index (Phi) is 9.28. The molecule has 0 aromatic heterocycles. The molecule has 0 amide bonds. The monoisotopic (exact) mass is 567 g/mol. The van der Waals surface area contributed by atoms with E-state index in [4.69, 9.17) is 9.47 Å². The highest BCUT2D eigenvalue weighted by Gasteiger charge is 2.31. The van der Waals surface area contributed by atoms with E-state index in [-0.39, 0.29) is 34.6 Å². The highest BCUT2D eigenvalue weighted by molar-refractivity contribution is 8.76. The number of aryl methyl sites for hydroxylation is 1. The summed E-state index contributed by atoms with van der Waals surface area (Å²) in [5.41, 5.74) is 3.92. The van der Waals surface area contributed by atoms with Crippen molar-refractivity contribution in [3.63, 3.8) is 0 Å². The summed E-state index contributed by atoms with van der Waals surface area (Å²) in [6.45, 7) is 0.424. The van der Waals surface area contributed by atoms with Gasteiger partial charge in [0.25, 0.3) is 0 Å². The van der Waals surface area contributed by atoms with E-state index in [9.17, 15) is 15.0 Å². The zero-order chi connectivity index (χ0) is 27.4. The zero-order valence-electron chi connectivity index (χ0n) is 22.6. The summed E-state index contributed by atoms with van der Waals surface area (Å²) in [5, 5.41) is 26.7. The number of carbonyl (C=O) groups is 1.